The van der Waals surface area contributed by atoms with Crippen molar-refractivity contribution in [1.82, 2.24) is 9.97 Å². The summed E-state index contributed by atoms with van der Waals surface area (Å²) < 4.78 is 14.8. The van der Waals surface area contributed by atoms with Crippen molar-refractivity contribution in [2.45, 2.75) is 33.1 Å². The van der Waals surface area contributed by atoms with Crippen LogP contribution < -0.4 is 5.32 Å². The van der Waals surface area contributed by atoms with Crippen LogP contribution in [-0.2, 0) is 6.42 Å². The Hall–Kier alpha value is -1.49. The largest absolute Gasteiger partial charge is 0.370 e. The van der Waals surface area contributed by atoms with Gasteiger partial charge in [-0.1, -0.05) is 26.3 Å². The third kappa shape index (κ3) is 3.59. The zero-order valence-electron chi connectivity index (χ0n) is 12.3. The minimum Gasteiger partial charge on any atom is -0.370 e. The van der Waals surface area contributed by atoms with Crippen molar-refractivity contribution in [3.8, 4) is 11.3 Å². The maximum Gasteiger partial charge on any atom is 0.146 e. The lowest BCUT2D eigenvalue weighted by Crippen LogP contribution is -2.08. The molecule has 3 nitrogen and oxygen atoms in total. The first kappa shape index (κ1) is 15.9. The molecular weight excluding hydrogens is 333 g/mol. The van der Waals surface area contributed by atoms with Crippen molar-refractivity contribution in [2.24, 2.45) is 0 Å². The topological polar surface area (TPSA) is 37.8 Å². The zero-order chi connectivity index (χ0) is 15.2. The number of hydrogen-bond acceptors (Lipinski definition) is 3. The van der Waals surface area contributed by atoms with Crippen LogP contribution in [-0.4, -0.2) is 16.5 Å². The molecule has 1 aromatic heterocycles. The van der Waals surface area contributed by atoms with Gasteiger partial charge in [-0.3, -0.25) is 0 Å². The summed E-state index contributed by atoms with van der Waals surface area (Å²) >= 11 is 3.23. The smallest absolute Gasteiger partial charge is 0.146 e. The monoisotopic (exact) mass is 351 g/mol. The average Bonchev–Trinajstić information content (AvgIpc) is 2.49. The highest BCUT2D eigenvalue weighted by Crippen LogP contribution is 2.31. The summed E-state index contributed by atoms with van der Waals surface area (Å²) in [6, 6.07) is 5.26. The van der Waals surface area contributed by atoms with Crippen LogP contribution in [0.15, 0.2) is 29.0 Å². The molecule has 0 saturated carbocycles. The van der Waals surface area contributed by atoms with Crippen LogP contribution in [0, 0.1) is 5.82 Å². The van der Waals surface area contributed by atoms with Gasteiger partial charge in [-0.05, 0) is 40.9 Å². The minimum absolute atomic E-state index is 0.282. The number of anilines is 1. The summed E-state index contributed by atoms with van der Waals surface area (Å²) in [5.41, 5.74) is 2.16. The molecule has 1 heterocycles. The van der Waals surface area contributed by atoms with E-state index in [1.165, 1.54) is 6.33 Å². The van der Waals surface area contributed by atoms with E-state index in [1.54, 1.807) is 12.1 Å². The molecule has 0 fully saturated rings. The predicted molar refractivity (Wildman–Crippen MR) is 87.9 cm³/mol. The minimum atomic E-state index is -0.282. The van der Waals surface area contributed by atoms with Crippen LogP contribution in [0.4, 0.5) is 10.2 Å². The van der Waals surface area contributed by atoms with Gasteiger partial charge in [0.1, 0.15) is 18.0 Å². The summed E-state index contributed by atoms with van der Waals surface area (Å²) in [6.07, 6.45) is 4.27. The summed E-state index contributed by atoms with van der Waals surface area (Å²) in [5.74, 6) is 0.526. The van der Waals surface area contributed by atoms with E-state index in [0.29, 0.717) is 15.7 Å². The van der Waals surface area contributed by atoms with Crippen molar-refractivity contribution >= 4 is 21.7 Å². The molecule has 2 rings (SSSR count). The number of benzene rings is 1. The Balaban J connectivity index is 2.54. The molecule has 1 N–H and O–H groups in total. The second-order valence-electron chi connectivity index (χ2n) is 4.83. The second kappa shape index (κ2) is 7.50. The van der Waals surface area contributed by atoms with E-state index in [1.807, 2.05) is 6.07 Å². The van der Waals surface area contributed by atoms with E-state index >= 15 is 0 Å². The van der Waals surface area contributed by atoms with Gasteiger partial charge in [0.05, 0.1) is 10.2 Å². The number of hydrogen-bond donors (Lipinski definition) is 1. The van der Waals surface area contributed by atoms with Crippen LogP contribution in [0.25, 0.3) is 11.3 Å². The Morgan fingerprint density at radius 2 is 2.00 bits per heavy atom. The van der Waals surface area contributed by atoms with Gasteiger partial charge in [0.2, 0.25) is 0 Å². The first-order chi connectivity index (χ1) is 10.2. The van der Waals surface area contributed by atoms with E-state index in [4.69, 9.17) is 0 Å². The van der Waals surface area contributed by atoms with Gasteiger partial charge in [-0.25, -0.2) is 14.4 Å². The molecule has 0 saturated heterocycles. The van der Waals surface area contributed by atoms with Crippen LogP contribution in [0.2, 0.25) is 0 Å². The van der Waals surface area contributed by atoms with Gasteiger partial charge < -0.3 is 5.32 Å². The van der Waals surface area contributed by atoms with Crippen molar-refractivity contribution in [3.05, 3.63) is 40.4 Å². The molecule has 21 heavy (non-hydrogen) atoms. The SMILES string of the molecule is CCCNc1ncnc(-c2cccc(Br)c2F)c1CCC. The summed E-state index contributed by atoms with van der Waals surface area (Å²) in [4.78, 5) is 8.64. The van der Waals surface area contributed by atoms with Crippen LogP contribution in [0.3, 0.4) is 0 Å². The third-order valence-electron chi connectivity index (χ3n) is 3.19. The number of nitrogens with zero attached hydrogens (tertiary/aromatic N) is 2. The fraction of sp³-hybridized carbons (Fsp3) is 0.375. The first-order valence-electron chi connectivity index (χ1n) is 7.21. The first-order valence-corrected chi connectivity index (χ1v) is 8.00. The van der Waals surface area contributed by atoms with E-state index in [9.17, 15) is 4.39 Å². The van der Waals surface area contributed by atoms with Crippen LogP contribution in [0.1, 0.15) is 32.3 Å². The molecule has 0 spiro atoms. The average molecular weight is 352 g/mol. The van der Waals surface area contributed by atoms with E-state index < -0.39 is 0 Å². The molecule has 112 valence electrons. The lowest BCUT2D eigenvalue weighted by Gasteiger charge is -2.14. The van der Waals surface area contributed by atoms with Gasteiger partial charge in [-0.15, -0.1) is 0 Å². The molecule has 2 aromatic rings. The van der Waals surface area contributed by atoms with E-state index in [2.05, 4.69) is 45.1 Å². The van der Waals surface area contributed by atoms with Gasteiger partial charge in [0.25, 0.3) is 0 Å². The molecule has 5 heteroatoms. The fourth-order valence-electron chi connectivity index (χ4n) is 2.21. The van der Waals surface area contributed by atoms with Crippen molar-refractivity contribution < 1.29 is 4.39 Å². The van der Waals surface area contributed by atoms with Gasteiger partial charge >= 0.3 is 0 Å². The number of nitrogens with one attached hydrogen (secondary N) is 1. The molecule has 0 aliphatic rings. The molecule has 0 radical (unpaired) electrons. The lowest BCUT2D eigenvalue weighted by molar-refractivity contribution is 0.623. The number of aromatic nitrogens is 2. The second-order valence-corrected chi connectivity index (χ2v) is 5.68. The summed E-state index contributed by atoms with van der Waals surface area (Å²) in [6.45, 7) is 5.04. The van der Waals surface area contributed by atoms with Gasteiger partial charge in [-0.2, -0.15) is 0 Å². The summed E-state index contributed by atoms with van der Waals surface area (Å²) in [5, 5.41) is 3.31. The third-order valence-corrected chi connectivity index (χ3v) is 3.81. The molecular formula is C16H19BrFN3. The van der Waals surface area contributed by atoms with Crippen LogP contribution in [0.5, 0.6) is 0 Å². The fourth-order valence-corrected chi connectivity index (χ4v) is 2.58. The zero-order valence-corrected chi connectivity index (χ0v) is 13.9. The van der Waals surface area contributed by atoms with Crippen molar-refractivity contribution in [2.75, 3.05) is 11.9 Å². The highest BCUT2D eigenvalue weighted by molar-refractivity contribution is 9.10. The normalized spacial score (nSPS) is 10.7. The Morgan fingerprint density at radius 3 is 2.71 bits per heavy atom. The lowest BCUT2D eigenvalue weighted by atomic mass is 10.0. The quantitative estimate of drug-likeness (QED) is 0.810. The molecule has 0 atom stereocenters. The van der Waals surface area contributed by atoms with Gasteiger partial charge in [0.15, 0.2) is 0 Å². The Kier molecular flexibility index (Phi) is 5.67. The molecule has 0 bridgehead atoms. The maximum absolute atomic E-state index is 14.4. The Morgan fingerprint density at radius 1 is 1.19 bits per heavy atom. The standard InChI is InChI=1S/C16H19BrFN3/c1-3-6-12-15(11-7-5-8-13(17)14(11)18)20-10-21-16(12)19-9-4-2/h5,7-8,10H,3-4,6,9H2,1-2H3,(H,19,20,21). The number of rotatable bonds is 6. The van der Waals surface area contributed by atoms with E-state index in [-0.39, 0.29) is 5.82 Å². The summed E-state index contributed by atoms with van der Waals surface area (Å²) in [7, 11) is 0. The molecule has 0 unspecified atom stereocenters. The number of halogens is 2. The highest BCUT2D eigenvalue weighted by Gasteiger charge is 2.16. The molecule has 0 amide bonds. The van der Waals surface area contributed by atoms with Crippen molar-refractivity contribution in [1.29, 1.82) is 0 Å². The van der Waals surface area contributed by atoms with Gasteiger partial charge in [0, 0.05) is 17.7 Å². The maximum atomic E-state index is 14.4. The highest BCUT2D eigenvalue weighted by atomic mass is 79.9. The molecule has 0 aliphatic heterocycles. The Bertz CT molecular complexity index is 616. The van der Waals surface area contributed by atoms with E-state index in [0.717, 1.165) is 37.2 Å². The molecule has 1 aromatic carbocycles. The molecule has 0 aliphatic carbocycles. The van der Waals surface area contributed by atoms with Crippen molar-refractivity contribution in [3.63, 3.8) is 0 Å². The Labute approximate surface area is 133 Å². The predicted octanol–water partition coefficient (Wildman–Crippen LogP) is 4.82. The van der Waals surface area contributed by atoms with Crippen LogP contribution >= 0.6 is 15.9 Å².